The van der Waals surface area contributed by atoms with Gasteiger partial charge in [-0.15, -0.1) is 0 Å². The summed E-state index contributed by atoms with van der Waals surface area (Å²) < 4.78 is 5.37. The van der Waals surface area contributed by atoms with Crippen molar-refractivity contribution in [1.29, 1.82) is 0 Å². The van der Waals surface area contributed by atoms with Crippen LogP contribution in [0.4, 0.5) is 17.6 Å². The monoisotopic (exact) mass is 306 g/mol. The standard InChI is InChI=1S/C14H22N6O2/c1-10(21)16-11-2-3-20(9-11)13-8-12(17-14(15)18-13)19-4-6-22-7-5-19/h8,11H,2-7,9H2,1H3,(H,16,21)(H2,15,17,18). The number of carbonyl (C=O) groups excluding carboxylic acids is 1. The van der Waals surface area contributed by atoms with Crippen LogP contribution in [0.5, 0.6) is 0 Å². The van der Waals surface area contributed by atoms with Crippen LogP contribution in [0, 0.1) is 0 Å². The summed E-state index contributed by atoms with van der Waals surface area (Å²) in [7, 11) is 0. The van der Waals surface area contributed by atoms with Crippen molar-refractivity contribution in [2.24, 2.45) is 0 Å². The third kappa shape index (κ3) is 3.38. The second-order valence-corrected chi connectivity index (χ2v) is 5.67. The molecule has 3 N–H and O–H groups in total. The van der Waals surface area contributed by atoms with Crippen molar-refractivity contribution in [2.45, 2.75) is 19.4 Å². The maximum atomic E-state index is 11.2. The molecule has 0 aromatic carbocycles. The SMILES string of the molecule is CC(=O)NC1CCN(c2cc(N3CCOCC3)nc(N)n2)C1. The molecule has 3 rings (SSSR count). The molecule has 0 saturated carbocycles. The van der Waals surface area contributed by atoms with Gasteiger partial charge in [0.1, 0.15) is 11.6 Å². The Bertz CT molecular complexity index is 546. The van der Waals surface area contributed by atoms with E-state index in [4.69, 9.17) is 10.5 Å². The number of anilines is 3. The van der Waals surface area contributed by atoms with Gasteiger partial charge in [0.25, 0.3) is 0 Å². The number of nitrogens with zero attached hydrogens (tertiary/aromatic N) is 4. The van der Waals surface area contributed by atoms with Crippen molar-refractivity contribution in [3.8, 4) is 0 Å². The number of rotatable bonds is 3. The van der Waals surface area contributed by atoms with Crippen LogP contribution in [0.25, 0.3) is 0 Å². The third-order valence-electron chi connectivity index (χ3n) is 3.97. The van der Waals surface area contributed by atoms with Gasteiger partial charge >= 0.3 is 0 Å². The molecular weight excluding hydrogens is 284 g/mol. The Kier molecular flexibility index (Phi) is 4.28. The van der Waals surface area contributed by atoms with Crippen LogP contribution < -0.4 is 20.9 Å². The van der Waals surface area contributed by atoms with E-state index in [0.29, 0.717) is 13.2 Å². The summed E-state index contributed by atoms with van der Waals surface area (Å²) in [6.07, 6.45) is 0.913. The molecule has 0 aliphatic carbocycles. The van der Waals surface area contributed by atoms with Crippen LogP contribution in [0.1, 0.15) is 13.3 Å². The van der Waals surface area contributed by atoms with E-state index in [0.717, 1.165) is 44.2 Å². The fourth-order valence-corrected chi connectivity index (χ4v) is 2.93. The molecule has 1 aromatic heterocycles. The highest BCUT2D eigenvalue weighted by Crippen LogP contribution is 2.24. The Morgan fingerprint density at radius 1 is 1.27 bits per heavy atom. The second kappa shape index (κ2) is 6.35. The zero-order valence-corrected chi connectivity index (χ0v) is 12.8. The van der Waals surface area contributed by atoms with E-state index in [9.17, 15) is 4.79 Å². The van der Waals surface area contributed by atoms with Crippen LogP contribution >= 0.6 is 0 Å². The quantitative estimate of drug-likeness (QED) is 0.785. The molecule has 2 fully saturated rings. The summed E-state index contributed by atoms with van der Waals surface area (Å²) in [6, 6.07) is 2.14. The normalized spacial score (nSPS) is 22.0. The average molecular weight is 306 g/mol. The largest absolute Gasteiger partial charge is 0.378 e. The summed E-state index contributed by atoms with van der Waals surface area (Å²) in [5.74, 6) is 1.95. The van der Waals surface area contributed by atoms with Crippen molar-refractivity contribution in [3.05, 3.63) is 6.07 Å². The Morgan fingerprint density at radius 2 is 1.95 bits per heavy atom. The third-order valence-corrected chi connectivity index (χ3v) is 3.97. The summed E-state index contributed by atoms with van der Waals surface area (Å²) in [5.41, 5.74) is 5.87. The smallest absolute Gasteiger partial charge is 0.223 e. The van der Waals surface area contributed by atoms with Gasteiger partial charge in [0.2, 0.25) is 11.9 Å². The minimum atomic E-state index is 0.00283. The van der Waals surface area contributed by atoms with Crippen LogP contribution in [0.3, 0.4) is 0 Å². The predicted molar refractivity (Wildman–Crippen MR) is 83.9 cm³/mol. The first-order chi connectivity index (χ1) is 10.6. The molecule has 8 heteroatoms. The van der Waals surface area contributed by atoms with Gasteiger partial charge in [0, 0.05) is 45.2 Å². The zero-order chi connectivity index (χ0) is 15.5. The first-order valence-corrected chi connectivity index (χ1v) is 7.61. The molecule has 1 aromatic rings. The van der Waals surface area contributed by atoms with Gasteiger partial charge in [-0.25, -0.2) is 0 Å². The van der Waals surface area contributed by atoms with Gasteiger partial charge in [0.15, 0.2) is 0 Å². The topological polar surface area (TPSA) is 96.6 Å². The van der Waals surface area contributed by atoms with Gasteiger partial charge in [-0.2, -0.15) is 9.97 Å². The van der Waals surface area contributed by atoms with Gasteiger partial charge in [0.05, 0.1) is 13.2 Å². The molecule has 3 heterocycles. The van der Waals surface area contributed by atoms with Crippen LogP contribution in [0.2, 0.25) is 0 Å². The lowest BCUT2D eigenvalue weighted by Crippen LogP contribution is -2.37. The molecule has 120 valence electrons. The first-order valence-electron chi connectivity index (χ1n) is 7.61. The number of nitrogens with one attached hydrogen (secondary N) is 1. The number of ether oxygens (including phenoxy) is 1. The molecule has 2 aliphatic heterocycles. The van der Waals surface area contributed by atoms with Gasteiger partial charge in [-0.3, -0.25) is 4.79 Å². The van der Waals surface area contributed by atoms with Crippen molar-refractivity contribution < 1.29 is 9.53 Å². The molecule has 0 spiro atoms. The maximum Gasteiger partial charge on any atom is 0.223 e. The van der Waals surface area contributed by atoms with Crippen molar-refractivity contribution in [1.82, 2.24) is 15.3 Å². The molecule has 8 nitrogen and oxygen atoms in total. The number of nitrogen functional groups attached to an aromatic ring is 1. The maximum absolute atomic E-state index is 11.2. The average Bonchev–Trinajstić information content (AvgIpc) is 2.95. The molecule has 2 saturated heterocycles. The lowest BCUT2D eigenvalue weighted by molar-refractivity contribution is -0.119. The number of aromatic nitrogens is 2. The predicted octanol–water partition coefficient (Wildman–Crippen LogP) is -0.390. The lowest BCUT2D eigenvalue weighted by atomic mass is 10.3. The minimum Gasteiger partial charge on any atom is -0.378 e. The molecule has 1 unspecified atom stereocenters. The lowest BCUT2D eigenvalue weighted by Gasteiger charge is -2.28. The van der Waals surface area contributed by atoms with Gasteiger partial charge in [-0.05, 0) is 6.42 Å². The van der Waals surface area contributed by atoms with E-state index >= 15 is 0 Å². The van der Waals surface area contributed by atoms with Crippen molar-refractivity contribution >= 4 is 23.5 Å². The van der Waals surface area contributed by atoms with Gasteiger partial charge < -0.3 is 25.6 Å². The molecule has 1 amide bonds. The summed E-state index contributed by atoms with van der Waals surface area (Å²) in [6.45, 7) is 6.17. The number of morpholine rings is 1. The Balaban J connectivity index is 1.73. The number of nitrogens with two attached hydrogens (primary N) is 1. The minimum absolute atomic E-state index is 0.00283. The van der Waals surface area contributed by atoms with Crippen LogP contribution in [-0.4, -0.2) is 61.3 Å². The summed E-state index contributed by atoms with van der Waals surface area (Å²) >= 11 is 0. The number of amides is 1. The van der Waals surface area contributed by atoms with E-state index in [1.165, 1.54) is 0 Å². The summed E-state index contributed by atoms with van der Waals surface area (Å²) in [4.78, 5) is 24.1. The fraction of sp³-hybridized carbons (Fsp3) is 0.643. The fourth-order valence-electron chi connectivity index (χ4n) is 2.93. The highest BCUT2D eigenvalue weighted by molar-refractivity contribution is 5.73. The molecule has 1 atom stereocenters. The van der Waals surface area contributed by atoms with Crippen LogP contribution in [-0.2, 0) is 9.53 Å². The molecular formula is C14H22N6O2. The first kappa shape index (κ1) is 14.8. The van der Waals surface area contributed by atoms with Crippen molar-refractivity contribution in [2.75, 3.05) is 54.9 Å². The van der Waals surface area contributed by atoms with E-state index in [-0.39, 0.29) is 17.9 Å². The van der Waals surface area contributed by atoms with E-state index < -0.39 is 0 Å². The number of hydrogen-bond donors (Lipinski definition) is 2. The Morgan fingerprint density at radius 3 is 2.64 bits per heavy atom. The second-order valence-electron chi connectivity index (χ2n) is 5.67. The molecule has 0 bridgehead atoms. The van der Waals surface area contributed by atoms with E-state index in [1.54, 1.807) is 6.92 Å². The van der Waals surface area contributed by atoms with Crippen LogP contribution in [0.15, 0.2) is 6.07 Å². The molecule has 0 radical (unpaired) electrons. The van der Waals surface area contributed by atoms with E-state index in [1.807, 2.05) is 6.07 Å². The zero-order valence-electron chi connectivity index (χ0n) is 12.8. The Labute approximate surface area is 129 Å². The van der Waals surface area contributed by atoms with Crippen molar-refractivity contribution in [3.63, 3.8) is 0 Å². The molecule has 2 aliphatic rings. The van der Waals surface area contributed by atoms with E-state index in [2.05, 4.69) is 25.1 Å². The molecule has 22 heavy (non-hydrogen) atoms. The highest BCUT2D eigenvalue weighted by atomic mass is 16.5. The summed E-state index contributed by atoms with van der Waals surface area (Å²) in [5, 5.41) is 2.95. The Hall–Kier alpha value is -2.09. The number of hydrogen-bond acceptors (Lipinski definition) is 7. The highest BCUT2D eigenvalue weighted by Gasteiger charge is 2.25. The number of carbonyl (C=O) groups is 1. The van der Waals surface area contributed by atoms with Gasteiger partial charge in [-0.1, -0.05) is 0 Å².